The summed E-state index contributed by atoms with van der Waals surface area (Å²) in [5, 5.41) is 7.28. The Labute approximate surface area is 145 Å². The Hall–Kier alpha value is -2.54. The van der Waals surface area contributed by atoms with E-state index in [-0.39, 0.29) is 18.2 Å². The Balaban J connectivity index is 2.25. The Morgan fingerprint density at radius 3 is 2.75 bits per heavy atom. The minimum absolute atomic E-state index is 0.199. The van der Waals surface area contributed by atoms with Crippen molar-refractivity contribution in [2.75, 3.05) is 20.4 Å². The van der Waals surface area contributed by atoms with Gasteiger partial charge in [-0.05, 0) is 17.9 Å². The summed E-state index contributed by atoms with van der Waals surface area (Å²) in [7, 11) is 2.95. The smallest absolute Gasteiger partial charge is 0.273 e. The molecule has 1 aromatic carbocycles. The van der Waals surface area contributed by atoms with Crippen LogP contribution in [0, 0.1) is 0 Å². The number of thioether (sulfide) groups is 1. The lowest BCUT2D eigenvalue weighted by Crippen LogP contribution is -2.29. The average Bonchev–Trinajstić information content (AvgIpc) is 2.64. The zero-order valence-corrected chi connectivity index (χ0v) is 14.6. The first-order chi connectivity index (χ1) is 11.7. The molecule has 0 unspecified atom stereocenters. The van der Waals surface area contributed by atoms with Gasteiger partial charge in [-0.15, -0.1) is 11.8 Å². The van der Waals surface area contributed by atoms with Crippen LogP contribution in [0.3, 0.4) is 0 Å². The van der Waals surface area contributed by atoms with Crippen LogP contribution in [0.4, 0.5) is 0 Å². The van der Waals surface area contributed by atoms with E-state index in [1.807, 2.05) is 36.6 Å². The molecule has 0 radical (unpaired) electrons. The summed E-state index contributed by atoms with van der Waals surface area (Å²) in [6, 6.07) is 13.0. The molecule has 6 nitrogen and oxygen atoms in total. The monoisotopic (exact) mass is 345 g/mol. The SMILES string of the molecule is CNC(=O)/C(=N\OC)c1ccccc1COc1cccc(SC)n1. The van der Waals surface area contributed by atoms with Crippen molar-refractivity contribution in [3.63, 3.8) is 0 Å². The summed E-state index contributed by atoms with van der Waals surface area (Å²) in [5.74, 6) is 0.202. The molecule has 126 valence electrons. The van der Waals surface area contributed by atoms with E-state index in [0.29, 0.717) is 11.4 Å². The van der Waals surface area contributed by atoms with Crippen LogP contribution in [0.1, 0.15) is 11.1 Å². The highest BCUT2D eigenvalue weighted by Crippen LogP contribution is 2.18. The number of benzene rings is 1. The van der Waals surface area contributed by atoms with Gasteiger partial charge in [0, 0.05) is 18.7 Å². The number of nitrogens with zero attached hydrogens (tertiary/aromatic N) is 2. The van der Waals surface area contributed by atoms with Crippen LogP contribution in [-0.2, 0) is 16.2 Å². The fraction of sp³-hybridized carbons (Fsp3) is 0.235. The van der Waals surface area contributed by atoms with Gasteiger partial charge >= 0.3 is 0 Å². The van der Waals surface area contributed by atoms with E-state index >= 15 is 0 Å². The van der Waals surface area contributed by atoms with Gasteiger partial charge in [0.25, 0.3) is 5.91 Å². The normalized spacial score (nSPS) is 11.0. The van der Waals surface area contributed by atoms with Gasteiger partial charge in [-0.25, -0.2) is 4.98 Å². The lowest BCUT2D eigenvalue weighted by molar-refractivity contribution is -0.114. The van der Waals surface area contributed by atoms with Crippen molar-refractivity contribution in [2.45, 2.75) is 11.6 Å². The first kappa shape index (κ1) is 17.8. The number of hydrogen-bond acceptors (Lipinski definition) is 6. The van der Waals surface area contributed by atoms with E-state index in [2.05, 4.69) is 15.5 Å². The Kier molecular flexibility index (Phi) is 6.62. The highest BCUT2D eigenvalue weighted by atomic mass is 32.2. The zero-order valence-electron chi connectivity index (χ0n) is 13.8. The predicted octanol–water partition coefficient (Wildman–Crippen LogP) is 2.48. The molecule has 1 aromatic heterocycles. The molecule has 24 heavy (non-hydrogen) atoms. The van der Waals surface area contributed by atoms with Gasteiger partial charge in [0.05, 0.1) is 5.03 Å². The number of likely N-dealkylation sites (N-methyl/N-ethyl adjacent to an activating group) is 1. The number of carbonyl (C=O) groups is 1. The first-order valence-electron chi connectivity index (χ1n) is 7.25. The van der Waals surface area contributed by atoms with E-state index in [1.165, 1.54) is 7.11 Å². The summed E-state index contributed by atoms with van der Waals surface area (Å²) in [4.78, 5) is 21.2. The standard InChI is InChI=1S/C17H19N3O3S/c1-18-17(21)16(20-22-2)13-8-5-4-7-12(13)11-23-14-9-6-10-15(19-14)24-3/h4-10H,11H2,1-3H3,(H,18,21)/b20-16-. The molecule has 0 fully saturated rings. The number of ether oxygens (including phenoxy) is 1. The lowest BCUT2D eigenvalue weighted by atomic mass is 10.0. The van der Waals surface area contributed by atoms with Crippen LogP contribution in [0.5, 0.6) is 5.88 Å². The second-order valence-corrected chi connectivity index (χ2v) is 5.49. The van der Waals surface area contributed by atoms with Crippen LogP contribution >= 0.6 is 11.8 Å². The minimum atomic E-state index is -0.327. The van der Waals surface area contributed by atoms with Gasteiger partial charge in [0.2, 0.25) is 5.88 Å². The van der Waals surface area contributed by atoms with Crippen molar-refractivity contribution < 1.29 is 14.4 Å². The number of pyridine rings is 1. The molecular formula is C17H19N3O3S. The zero-order chi connectivity index (χ0) is 17.4. The molecular weight excluding hydrogens is 326 g/mol. The predicted molar refractivity (Wildman–Crippen MR) is 94.4 cm³/mol. The van der Waals surface area contributed by atoms with E-state index in [1.54, 1.807) is 30.9 Å². The van der Waals surface area contributed by atoms with Crippen molar-refractivity contribution in [3.05, 3.63) is 53.6 Å². The Morgan fingerprint density at radius 1 is 1.25 bits per heavy atom. The number of hydrogen-bond donors (Lipinski definition) is 1. The van der Waals surface area contributed by atoms with Crippen molar-refractivity contribution >= 4 is 23.4 Å². The van der Waals surface area contributed by atoms with Crippen LogP contribution < -0.4 is 10.1 Å². The van der Waals surface area contributed by atoms with Gasteiger partial charge in [0.1, 0.15) is 13.7 Å². The minimum Gasteiger partial charge on any atom is -0.473 e. The van der Waals surface area contributed by atoms with Crippen molar-refractivity contribution in [1.29, 1.82) is 0 Å². The lowest BCUT2D eigenvalue weighted by Gasteiger charge is -2.12. The molecule has 0 bridgehead atoms. The largest absolute Gasteiger partial charge is 0.473 e. The summed E-state index contributed by atoms with van der Waals surface area (Å²) in [6.45, 7) is 0.265. The summed E-state index contributed by atoms with van der Waals surface area (Å²) >= 11 is 1.55. The Morgan fingerprint density at radius 2 is 2.04 bits per heavy atom. The maximum Gasteiger partial charge on any atom is 0.273 e. The molecule has 1 amide bonds. The molecule has 1 heterocycles. The highest BCUT2D eigenvalue weighted by Gasteiger charge is 2.17. The summed E-state index contributed by atoms with van der Waals surface area (Å²) in [6.07, 6.45) is 1.96. The van der Waals surface area contributed by atoms with Gasteiger partial charge in [-0.2, -0.15) is 0 Å². The van der Waals surface area contributed by atoms with Crippen LogP contribution in [-0.4, -0.2) is 37.0 Å². The maximum atomic E-state index is 12.0. The molecule has 1 N–H and O–H groups in total. The number of carbonyl (C=O) groups excluding carboxylic acids is 1. The third-order valence-electron chi connectivity index (χ3n) is 3.18. The first-order valence-corrected chi connectivity index (χ1v) is 8.47. The molecule has 0 aliphatic carbocycles. The van der Waals surface area contributed by atoms with E-state index < -0.39 is 0 Å². The summed E-state index contributed by atoms with van der Waals surface area (Å²) in [5.41, 5.74) is 1.66. The molecule has 2 aromatic rings. The van der Waals surface area contributed by atoms with Gasteiger partial charge in [-0.3, -0.25) is 4.79 Å². The molecule has 0 aliphatic heterocycles. The van der Waals surface area contributed by atoms with Gasteiger partial charge in [-0.1, -0.05) is 35.5 Å². The molecule has 0 saturated heterocycles. The number of nitrogens with one attached hydrogen (secondary N) is 1. The van der Waals surface area contributed by atoms with E-state index in [9.17, 15) is 4.79 Å². The highest BCUT2D eigenvalue weighted by molar-refractivity contribution is 7.98. The third kappa shape index (κ3) is 4.48. The topological polar surface area (TPSA) is 72.8 Å². The van der Waals surface area contributed by atoms with Gasteiger partial charge in [0.15, 0.2) is 5.71 Å². The number of aromatic nitrogens is 1. The van der Waals surface area contributed by atoms with E-state index in [0.717, 1.165) is 10.6 Å². The second-order valence-electron chi connectivity index (χ2n) is 4.67. The van der Waals surface area contributed by atoms with Crippen LogP contribution in [0.25, 0.3) is 0 Å². The Bertz CT molecular complexity index is 735. The molecule has 7 heteroatoms. The maximum absolute atomic E-state index is 12.0. The molecule has 2 rings (SSSR count). The van der Waals surface area contributed by atoms with Crippen LogP contribution in [0.2, 0.25) is 0 Å². The number of rotatable bonds is 7. The van der Waals surface area contributed by atoms with Crippen molar-refractivity contribution in [3.8, 4) is 5.88 Å². The molecule has 0 atom stereocenters. The van der Waals surface area contributed by atoms with Crippen molar-refractivity contribution in [1.82, 2.24) is 10.3 Å². The molecule has 0 saturated carbocycles. The fourth-order valence-corrected chi connectivity index (χ4v) is 2.44. The molecule has 0 aliphatic rings. The average molecular weight is 345 g/mol. The number of oxime groups is 1. The van der Waals surface area contributed by atoms with E-state index in [4.69, 9.17) is 9.57 Å². The fourth-order valence-electron chi connectivity index (χ4n) is 2.04. The van der Waals surface area contributed by atoms with Crippen LogP contribution in [0.15, 0.2) is 52.6 Å². The second kappa shape index (κ2) is 8.93. The number of amides is 1. The van der Waals surface area contributed by atoms with Gasteiger partial charge < -0.3 is 14.9 Å². The molecule has 0 spiro atoms. The van der Waals surface area contributed by atoms with Crippen molar-refractivity contribution in [2.24, 2.45) is 5.16 Å². The summed E-state index contributed by atoms with van der Waals surface area (Å²) < 4.78 is 5.76. The third-order valence-corrected chi connectivity index (χ3v) is 3.83. The quantitative estimate of drug-likeness (QED) is 0.474.